The van der Waals surface area contributed by atoms with E-state index in [9.17, 15) is 9.59 Å². The van der Waals surface area contributed by atoms with Gasteiger partial charge in [0.2, 0.25) is 0 Å². The highest BCUT2D eigenvalue weighted by Crippen LogP contribution is 2.26. The molecule has 0 aromatic heterocycles. The largest absolute Gasteiger partial charge is 0.467 e. The van der Waals surface area contributed by atoms with E-state index in [-0.39, 0.29) is 13.2 Å². The Labute approximate surface area is 123 Å². The maximum Gasteiger partial charge on any atom is 0.335 e. The fraction of sp³-hybridized carbons (Fsp3) is 0.375. The number of carbonyl (C=O) groups is 2. The zero-order valence-corrected chi connectivity index (χ0v) is 11.9. The van der Waals surface area contributed by atoms with Gasteiger partial charge in [-0.3, -0.25) is 4.79 Å². The molecule has 2 atom stereocenters. The van der Waals surface area contributed by atoms with Crippen molar-refractivity contribution in [3.63, 3.8) is 0 Å². The average molecular weight is 290 g/mol. The number of esters is 2. The van der Waals surface area contributed by atoms with Crippen molar-refractivity contribution in [1.82, 2.24) is 0 Å². The van der Waals surface area contributed by atoms with Crippen LogP contribution in [0.4, 0.5) is 0 Å². The molecular weight excluding hydrogens is 272 g/mol. The molecule has 21 heavy (non-hydrogen) atoms. The smallest absolute Gasteiger partial charge is 0.335 e. The number of methoxy groups -OCH3 is 1. The lowest BCUT2D eigenvalue weighted by Gasteiger charge is -2.29. The molecule has 0 spiro atoms. The van der Waals surface area contributed by atoms with Gasteiger partial charge < -0.3 is 14.2 Å². The SMILES string of the molecule is C=C1CO[C@H](C(=O)OC)[C@@H](C(=O)OCc2ccccc2)C1. The summed E-state index contributed by atoms with van der Waals surface area (Å²) in [5.74, 6) is -1.75. The predicted octanol–water partition coefficient (Wildman–Crippen LogP) is 1.86. The van der Waals surface area contributed by atoms with Crippen molar-refractivity contribution in [1.29, 1.82) is 0 Å². The summed E-state index contributed by atoms with van der Waals surface area (Å²) < 4.78 is 15.3. The maximum absolute atomic E-state index is 12.2. The molecule has 0 unspecified atom stereocenters. The van der Waals surface area contributed by atoms with Crippen molar-refractivity contribution in [2.75, 3.05) is 13.7 Å². The van der Waals surface area contributed by atoms with Crippen LogP contribution in [-0.4, -0.2) is 31.8 Å². The van der Waals surface area contributed by atoms with Gasteiger partial charge in [0.15, 0.2) is 6.10 Å². The second-order valence-electron chi connectivity index (χ2n) is 4.91. The fourth-order valence-corrected chi connectivity index (χ4v) is 2.19. The molecule has 1 fully saturated rings. The highest BCUT2D eigenvalue weighted by molar-refractivity contribution is 5.84. The molecule has 0 amide bonds. The second-order valence-corrected chi connectivity index (χ2v) is 4.91. The summed E-state index contributed by atoms with van der Waals surface area (Å²) in [6.45, 7) is 4.22. The van der Waals surface area contributed by atoms with E-state index in [1.807, 2.05) is 30.3 Å². The molecule has 112 valence electrons. The van der Waals surface area contributed by atoms with Crippen LogP contribution in [0.2, 0.25) is 0 Å². The van der Waals surface area contributed by atoms with Gasteiger partial charge in [-0.2, -0.15) is 0 Å². The van der Waals surface area contributed by atoms with E-state index in [0.717, 1.165) is 11.1 Å². The molecule has 1 heterocycles. The molecule has 5 heteroatoms. The van der Waals surface area contributed by atoms with E-state index < -0.39 is 24.0 Å². The standard InChI is InChI=1S/C16H18O5/c1-11-8-13(14(20-9-11)16(18)19-2)15(17)21-10-12-6-4-3-5-7-12/h3-7,13-14H,1,8-10H2,2H3/t13-,14-/m0/s1. The minimum atomic E-state index is -0.927. The van der Waals surface area contributed by atoms with Crippen LogP contribution >= 0.6 is 0 Å². The third-order valence-corrected chi connectivity index (χ3v) is 3.30. The zero-order valence-electron chi connectivity index (χ0n) is 11.9. The van der Waals surface area contributed by atoms with Gasteiger partial charge in [-0.25, -0.2) is 4.79 Å². The summed E-state index contributed by atoms with van der Waals surface area (Å²) in [7, 11) is 1.27. The normalized spacial score (nSPS) is 21.7. The van der Waals surface area contributed by atoms with E-state index in [2.05, 4.69) is 11.3 Å². The molecule has 0 radical (unpaired) electrons. The quantitative estimate of drug-likeness (QED) is 0.625. The van der Waals surface area contributed by atoms with Gasteiger partial charge in [0.1, 0.15) is 6.61 Å². The third-order valence-electron chi connectivity index (χ3n) is 3.30. The molecule has 1 aliphatic heterocycles. The van der Waals surface area contributed by atoms with Crippen LogP contribution in [0.5, 0.6) is 0 Å². The lowest BCUT2D eigenvalue weighted by molar-refractivity contribution is -0.171. The van der Waals surface area contributed by atoms with Crippen LogP contribution < -0.4 is 0 Å². The van der Waals surface area contributed by atoms with E-state index in [1.165, 1.54) is 7.11 Å². The van der Waals surface area contributed by atoms with Gasteiger partial charge in [0.05, 0.1) is 19.6 Å². The topological polar surface area (TPSA) is 61.8 Å². The molecule has 5 nitrogen and oxygen atoms in total. The van der Waals surface area contributed by atoms with Crippen molar-refractivity contribution in [3.05, 3.63) is 48.0 Å². The Balaban J connectivity index is 2.00. The van der Waals surface area contributed by atoms with Crippen molar-refractivity contribution in [3.8, 4) is 0 Å². The first kappa shape index (κ1) is 15.3. The number of rotatable bonds is 4. The lowest BCUT2D eigenvalue weighted by atomic mass is 9.92. The second kappa shape index (κ2) is 7.04. The average Bonchev–Trinajstić information content (AvgIpc) is 2.52. The fourth-order valence-electron chi connectivity index (χ4n) is 2.19. The van der Waals surface area contributed by atoms with Crippen molar-refractivity contribution < 1.29 is 23.8 Å². The summed E-state index contributed by atoms with van der Waals surface area (Å²) in [6.07, 6.45) is -0.559. The molecule has 1 aromatic rings. The molecule has 1 aliphatic rings. The molecule has 0 saturated carbocycles. The Hall–Kier alpha value is -2.14. The number of carbonyl (C=O) groups excluding carboxylic acids is 2. The van der Waals surface area contributed by atoms with Gasteiger partial charge in [0.25, 0.3) is 0 Å². The van der Waals surface area contributed by atoms with Gasteiger partial charge in [-0.15, -0.1) is 0 Å². The monoisotopic (exact) mass is 290 g/mol. The summed E-state index contributed by atoms with van der Waals surface area (Å²) in [5, 5.41) is 0. The molecule has 1 saturated heterocycles. The van der Waals surface area contributed by atoms with Gasteiger partial charge >= 0.3 is 11.9 Å². The molecule has 0 bridgehead atoms. The Bertz CT molecular complexity index is 523. The number of benzene rings is 1. The Morgan fingerprint density at radius 3 is 2.67 bits per heavy atom. The number of hydrogen-bond donors (Lipinski definition) is 0. The van der Waals surface area contributed by atoms with Crippen LogP contribution in [-0.2, 0) is 30.4 Å². The summed E-state index contributed by atoms with van der Waals surface area (Å²) >= 11 is 0. The van der Waals surface area contributed by atoms with Crippen LogP contribution in [0.15, 0.2) is 42.5 Å². The van der Waals surface area contributed by atoms with Gasteiger partial charge in [-0.05, 0) is 12.0 Å². The summed E-state index contributed by atoms with van der Waals surface area (Å²) in [6, 6.07) is 9.35. The Morgan fingerprint density at radius 1 is 1.29 bits per heavy atom. The maximum atomic E-state index is 12.2. The molecule has 0 N–H and O–H groups in total. The highest BCUT2D eigenvalue weighted by Gasteiger charge is 2.40. The van der Waals surface area contributed by atoms with E-state index >= 15 is 0 Å². The minimum absolute atomic E-state index is 0.163. The van der Waals surface area contributed by atoms with Crippen molar-refractivity contribution in [2.24, 2.45) is 5.92 Å². The van der Waals surface area contributed by atoms with Gasteiger partial charge in [-0.1, -0.05) is 42.5 Å². The summed E-state index contributed by atoms with van der Waals surface area (Å²) in [4.78, 5) is 23.9. The highest BCUT2D eigenvalue weighted by atomic mass is 16.6. The number of hydrogen-bond acceptors (Lipinski definition) is 5. The van der Waals surface area contributed by atoms with E-state index in [4.69, 9.17) is 9.47 Å². The molecule has 2 rings (SSSR count). The molecule has 0 aliphatic carbocycles. The third kappa shape index (κ3) is 3.92. The Morgan fingerprint density at radius 2 is 2.00 bits per heavy atom. The first-order valence-electron chi connectivity index (χ1n) is 6.68. The van der Waals surface area contributed by atoms with Crippen molar-refractivity contribution in [2.45, 2.75) is 19.1 Å². The van der Waals surface area contributed by atoms with Crippen LogP contribution in [0, 0.1) is 5.92 Å². The Kier molecular flexibility index (Phi) is 5.11. The first-order valence-corrected chi connectivity index (χ1v) is 6.68. The van der Waals surface area contributed by atoms with Crippen molar-refractivity contribution >= 4 is 11.9 Å². The van der Waals surface area contributed by atoms with E-state index in [0.29, 0.717) is 6.42 Å². The minimum Gasteiger partial charge on any atom is -0.467 e. The first-order chi connectivity index (χ1) is 10.1. The number of ether oxygens (including phenoxy) is 3. The molecular formula is C16H18O5. The van der Waals surface area contributed by atoms with Gasteiger partial charge in [0, 0.05) is 0 Å². The van der Waals surface area contributed by atoms with Crippen LogP contribution in [0.3, 0.4) is 0 Å². The van der Waals surface area contributed by atoms with E-state index in [1.54, 1.807) is 0 Å². The predicted molar refractivity (Wildman–Crippen MR) is 75.2 cm³/mol. The van der Waals surface area contributed by atoms with Crippen LogP contribution in [0.1, 0.15) is 12.0 Å². The summed E-state index contributed by atoms with van der Waals surface area (Å²) in [5.41, 5.74) is 1.65. The van der Waals surface area contributed by atoms with Crippen LogP contribution in [0.25, 0.3) is 0 Å². The zero-order chi connectivity index (χ0) is 15.2. The lowest BCUT2D eigenvalue weighted by Crippen LogP contribution is -2.42. The molecule has 1 aromatic carbocycles.